The Labute approximate surface area is 131 Å². The van der Waals surface area contributed by atoms with Crippen molar-refractivity contribution in [2.45, 2.75) is 39.8 Å². The van der Waals surface area contributed by atoms with Crippen LogP contribution < -0.4 is 5.32 Å². The van der Waals surface area contributed by atoms with E-state index in [1.807, 2.05) is 19.1 Å². The zero-order valence-corrected chi connectivity index (χ0v) is 14.4. The zero-order valence-electron chi connectivity index (χ0n) is 12.0. The molecule has 2 nitrogen and oxygen atoms in total. The summed E-state index contributed by atoms with van der Waals surface area (Å²) in [6, 6.07) is 5.42. The number of halogens is 2. The normalized spacial score (nSPS) is 12.9. The lowest BCUT2D eigenvalue weighted by atomic mass is 10.1. The molecule has 0 bridgehead atoms. The number of hydrogen-bond acceptors (Lipinski definition) is 3. The van der Waals surface area contributed by atoms with E-state index in [0.29, 0.717) is 10.5 Å². The van der Waals surface area contributed by atoms with Gasteiger partial charge in [0.15, 0.2) is 0 Å². The Morgan fingerprint density at radius 2 is 2.00 bits per heavy atom. The van der Waals surface area contributed by atoms with Crippen molar-refractivity contribution in [1.29, 1.82) is 0 Å². The van der Waals surface area contributed by atoms with Crippen LogP contribution in [0.3, 0.4) is 0 Å². The second-order valence-corrected chi connectivity index (χ2v) is 7.21. The molecular formula is C15H18BrFN2S. The summed E-state index contributed by atoms with van der Waals surface area (Å²) in [7, 11) is 0. The first-order valence-electron chi connectivity index (χ1n) is 6.53. The highest BCUT2D eigenvalue weighted by molar-refractivity contribution is 9.10. The van der Waals surface area contributed by atoms with Gasteiger partial charge in [-0.3, -0.25) is 0 Å². The molecular weight excluding hydrogens is 339 g/mol. The van der Waals surface area contributed by atoms with Gasteiger partial charge in [0.1, 0.15) is 10.8 Å². The molecule has 0 aliphatic heterocycles. The highest BCUT2D eigenvalue weighted by Crippen LogP contribution is 2.30. The van der Waals surface area contributed by atoms with Crippen molar-refractivity contribution in [2.24, 2.45) is 0 Å². The van der Waals surface area contributed by atoms with Crippen molar-refractivity contribution in [3.8, 4) is 0 Å². The molecule has 2 rings (SSSR count). The fourth-order valence-electron chi connectivity index (χ4n) is 1.96. The van der Waals surface area contributed by atoms with Gasteiger partial charge in [-0.1, -0.05) is 6.07 Å². The summed E-state index contributed by atoms with van der Waals surface area (Å²) in [6.07, 6.45) is 0. The van der Waals surface area contributed by atoms with Crippen molar-refractivity contribution in [2.75, 3.05) is 0 Å². The predicted octanol–water partition coefficient (Wildman–Crippen LogP) is 4.75. The Balaban J connectivity index is 2.43. The van der Waals surface area contributed by atoms with Gasteiger partial charge in [0.05, 0.1) is 16.2 Å². The molecule has 0 fully saturated rings. The molecule has 1 aromatic heterocycles. The maximum absolute atomic E-state index is 13.4. The second kappa shape index (κ2) is 6.33. The molecule has 1 heterocycles. The van der Waals surface area contributed by atoms with Gasteiger partial charge in [-0.25, -0.2) is 9.37 Å². The maximum Gasteiger partial charge on any atom is 0.137 e. The lowest BCUT2D eigenvalue weighted by Crippen LogP contribution is -2.29. The standard InChI is InChI=1S/C15H18BrFN2S/c1-8(2)18-14(15-19-9(3)10(4)20-15)11-5-6-13(17)12(16)7-11/h5-8,14,18H,1-4H3. The number of rotatable bonds is 4. The number of aromatic nitrogens is 1. The molecule has 0 spiro atoms. The van der Waals surface area contributed by atoms with Gasteiger partial charge in [0, 0.05) is 10.9 Å². The number of benzene rings is 1. The fraction of sp³-hybridized carbons (Fsp3) is 0.400. The van der Waals surface area contributed by atoms with Gasteiger partial charge in [-0.05, 0) is 61.3 Å². The van der Waals surface area contributed by atoms with Crippen molar-refractivity contribution in [3.05, 3.63) is 49.6 Å². The summed E-state index contributed by atoms with van der Waals surface area (Å²) in [5.41, 5.74) is 2.07. The third-order valence-electron chi connectivity index (χ3n) is 3.07. The molecule has 0 aliphatic carbocycles. The smallest absolute Gasteiger partial charge is 0.137 e. The maximum atomic E-state index is 13.4. The monoisotopic (exact) mass is 356 g/mol. The van der Waals surface area contributed by atoms with Gasteiger partial charge in [0.25, 0.3) is 0 Å². The highest BCUT2D eigenvalue weighted by Gasteiger charge is 2.20. The van der Waals surface area contributed by atoms with E-state index in [4.69, 9.17) is 0 Å². The van der Waals surface area contributed by atoms with Gasteiger partial charge in [-0.15, -0.1) is 11.3 Å². The van der Waals surface area contributed by atoms with Crippen LogP contribution in [0.15, 0.2) is 22.7 Å². The molecule has 1 N–H and O–H groups in total. The number of aryl methyl sites for hydroxylation is 2. The Kier molecular flexibility index (Phi) is 4.94. The molecule has 1 unspecified atom stereocenters. The number of hydrogen-bond donors (Lipinski definition) is 1. The van der Waals surface area contributed by atoms with Crippen LogP contribution in [0.25, 0.3) is 0 Å². The minimum Gasteiger partial charge on any atom is -0.302 e. The van der Waals surface area contributed by atoms with Gasteiger partial charge < -0.3 is 5.32 Å². The lowest BCUT2D eigenvalue weighted by molar-refractivity contribution is 0.525. The van der Waals surface area contributed by atoms with E-state index in [-0.39, 0.29) is 11.9 Å². The summed E-state index contributed by atoms with van der Waals surface area (Å²) in [4.78, 5) is 5.86. The average molecular weight is 357 g/mol. The fourth-order valence-corrected chi connectivity index (χ4v) is 3.36. The first-order chi connectivity index (χ1) is 9.38. The molecule has 5 heteroatoms. The minimum absolute atomic E-state index is 0.00991. The first-order valence-corrected chi connectivity index (χ1v) is 8.14. The largest absolute Gasteiger partial charge is 0.302 e. The number of nitrogens with zero attached hydrogens (tertiary/aromatic N) is 1. The van der Waals surface area contributed by atoms with Crippen molar-refractivity contribution >= 4 is 27.3 Å². The number of thiazole rings is 1. The van der Waals surface area contributed by atoms with Crippen LogP contribution in [-0.2, 0) is 0 Å². The Morgan fingerprint density at radius 1 is 1.30 bits per heavy atom. The summed E-state index contributed by atoms with van der Waals surface area (Å²) in [6.45, 7) is 8.28. The Morgan fingerprint density at radius 3 is 2.50 bits per heavy atom. The van der Waals surface area contributed by atoms with E-state index in [2.05, 4.69) is 47.0 Å². The van der Waals surface area contributed by atoms with E-state index in [9.17, 15) is 4.39 Å². The lowest BCUT2D eigenvalue weighted by Gasteiger charge is -2.20. The SMILES string of the molecule is Cc1nc(C(NC(C)C)c2ccc(F)c(Br)c2)sc1C. The molecule has 108 valence electrons. The predicted molar refractivity (Wildman–Crippen MR) is 85.8 cm³/mol. The molecule has 0 saturated heterocycles. The Hall–Kier alpha value is -0.780. The van der Waals surface area contributed by atoms with E-state index in [1.165, 1.54) is 10.9 Å². The summed E-state index contributed by atoms with van der Waals surface area (Å²) in [5, 5.41) is 4.52. The highest BCUT2D eigenvalue weighted by atomic mass is 79.9. The van der Waals surface area contributed by atoms with E-state index in [0.717, 1.165) is 16.3 Å². The third-order valence-corrected chi connectivity index (χ3v) is 4.81. The molecule has 2 aromatic rings. The van der Waals surface area contributed by atoms with Crippen LogP contribution in [0, 0.1) is 19.7 Å². The van der Waals surface area contributed by atoms with Crippen molar-refractivity contribution in [3.63, 3.8) is 0 Å². The topological polar surface area (TPSA) is 24.9 Å². The van der Waals surface area contributed by atoms with Crippen LogP contribution in [0.4, 0.5) is 4.39 Å². The van der Waals surface area contributed by atoms with Crippen molar-refractivity contribution < 1.29 is 4.39 Å². The summed E-state index contributed by atoms with van der Waals surface area (Å²) in [5.74, 6) is -0.247. The first kappa shape index (κ1) is 15.6. The van der Waals surface area contributed by atoms with Crippen LogP contribution in [0.5, 0.6) is 0 Å². The summed E-state index contributed by atoms with van der Waals surface area (Å²) >= 11 is 4.94. The van der Waals surface area contributed by atoms with Crippen LogP contribution in [0.1, 0.15) is 41.0 Å². The van der Waals surface area contributed by atoms with Crippen LogP contribution >= 0.6 is 27.3 Å². The second-order valence-electron chi connectivity index (χ2n) is 5.12. The van der Waals surface area contributed by atoms with Crippen LogP contribution in [0.2, 0.25) is 0 Å². The van der Waals surface area contributed by atoms with Gasteiger partial charge >= 0.3 is 0 Å². The van der Waals surface area contributed by atoms with Gasteiger partial charge in [0.2, 0.25) is 0 Å². The summed E-state index contributed by atoms with van der Waals surface area (Å²) < 4.78 is 13.9. The number of nitrogens with one attached hydrogen (secondary N) is 1. The van der Waals surface area contributed by atoms with E-state index < -0.39 is 0 Å². The van der Waals surface area contributed by atoms with Gasteiger partial charge in [-0.2, -0.15) is 0 Å². The molecule has 0 aliphatic rings. The average Bonchev–Trinajstić information content (AvgIpc) is 2.70. The molecule has 0 radical (unpaired) electrons. The van der Waals surface area contributed by atoms with Crippen LogP contribution in [-0.4, -0.2) is 11.0 Å². The van der Waals surface area contributed by atoms with E-state index >= 15 is 0 Å². The van der Waals surface area contributed by atoms with E-state index in [1.54, 1.807) is 11.3 Å². The molecule has 0 saturated carbocycles. The molecule has 1 aromatic carbocycles. The molecule has 0 amide bonds. The van der Waals surface area contributed by atoms with Crippen molar-refractivity contribution in [1.82, 2.24) is 10.3 Å². The molecule has 20 heavy (non-hydrogen) atoms. The quantitative estimate of drug-likeness (QED) is 0.854. The minimum atomic E-state index is -0.247. The zero-order chi connectivity index (χ0) is 14.9. The third kappa shape index (κ3) is 3.45. The molecule has 1 atom stereocenters. The Bertz CT molecular complexity index is 590.